The summed E-state index contributed by atoms with van der Waals surface area (Å²) in [6.07, 6.45) is 1.65. The summed E-state index contributed by atoms with van der Waals surface area (Å²) in [6.45, 7) is 1.86. The van der Waals surface area contributed by atoms with Crippen molar-refractivity contribution in [3.8, 4) is 0 Å². The van der Waals surface area contributed by atoms with Crippen LogP contribution < -0.4 is 5.73 Å². The molecule has 1 aliphatic heterocycles. The summed E-state index contributed by atoms with van der Waals surface area (Å²) in [5.41, 5.74) is 6.30. The van der Waals surface area contributed by atoms with Gasteiger partial charge in [-0.15, -0.1) is 0 Å². The largest absolute Gasteiger partial charge is 0.459 e. The zero-order valence-electron chi connectivity index (χ0n) is 10.7. The van der Waals surface area contributed by atoms with Crippen molar-refractivity contribution in [2.45, 2.75) is 18.9 Å². The average molecular weight is 303 g/mol. The van der Waals surface area contributed by atoms with Gasteiger partial charge < -0.3 is 15.4 Å². The highest BCUT2D eigenvalue weighted by atomic mass is 35.5. The molecule has 0 saturated carbocycles. The Bertz CT molecular complexity index is 463. The molecule has 0 amide bonds. The van der Waals surface area contributed by atoms with Crippen LogP contribution in [0.5, 0.6) is 0 Å². The fourth-order valence-corrected chi connectivity index (χ4v) is 2.39. The number of hydrogen-bond acceptors (Lipinski definition) is 4. The number of nitrogen functional groups attached to an aromatic ring is 1. The van der Waals surface area contributed by atoms with Gasteiger partial charge in [-0.1, -0.05) is 23.2 Å². The highest BCUT2D eigenvalue weighted by molar-refractivity contribution is 6.43. The van der Waals surface area contributed by atoms with Crippen molar-refractivity contribution in [1.82, 2.24) is 4.90 Å². The van der Waals surface area contributed by atoms with Crippen molar-refractivity contribution in [2.75, 3.05) is 25.9 Å². The summed E-state index contributed by atoms with van der Waals surface area (Å²) in [4.78, 5) is 14.2. The minimum atomic E-state index is -0.403. The van der Waals surface area contributed by atoms with Crippen LogP contribution in [0, 0.1) is 0 Å². The van der Waals surface area contributed by atoms with Crippen LogP contribution >= 0.6 is 23.2 Å². The Morgan fingerprint density at radius 2 is 2.00 bits per heavy atom. The Labute approximate surface area is 122 Å². The molecule has 0 bridgehead atoms. The van der Waals surface area contributed by atoms with E-state index in [1.54, 1.807) is 0 Å². The molecule has 2 rings (SSSR count). The van der Waals surface area contributed by atoms with Gasteiger partial charge in [0.15, 0.2) is 0 Å². The molecule has 0 spiro atoms. The van der Waals surface area contributed by atoms with E-state index >= 15 is 0 Å². The van der Waals surface area contributed by atoms with Crippen molar-refractivity contribution in [2.24, 2.45) is 0 Å². The number of nitrogens with zero attached hydrogens (tertiary/aromatic N) is 1. The van der Waals surface area contributed by atoms with Gasteiger partial charge in [0.05, 0.1) is 21.3 Å². The Balaban J connectivity index is 2.04. The SMILES string of the molecule is CN1CCC(OC(=O)c2cc(N)c(Cl)c(Cl)c2)CC1. The molecule has 4 nitrogen and oxygen atoms in total. The van der Waals surface area contributed by atoms with Crippen LogP contribution in [0.3, 0.4) is 0 Å². The number of benzene rings is 1. The van der Waals surface area contributed by atoms with E-state index in [0.717, 1.165) is 25.9 Å². The maximum atomic E-state index is 12.0. The third-order valence-electron chi connectivity index (χ3n) is 3.23. The summed E-state index contributed by atoms with van der Waals surface area (Å²) in [6, 6.07) is 2.98. The van der Waals surface area contributed by atoms with E-state index in [1.807, 2.05) is 0 Å². The summed E-state index contributed by atoms with van der Waals surface area (Å²) in [5.74, 6) is -0.403. The van der Waals surface area contributed by atoms with E-state index in [2.05, 4.69) is 11.9 Å². The second-order valence-electron chi connectivity index (χ2n) is 4.77. The number of esters is 1. The Morgan fingerprint density at radius 3 is 2.58 bits per heavy atom. The second kappa shape index (κ2) is 5.99. The molecule has 0 unspecified atom stereocenters. The summed E-state index contributed by atoms with van der Waals surface area (Å²) in [5, 5.41) is 0.523. The number of rotatable bonds is 2. The fraction of sp³-hybridized carbons (Fsp3) is 0.462. The van der Waals surface area contributed by atoms with E-state index in [1.165, 1.54) is 12.1 Å². The quantitative estimate of drug-likeness (QED) is 0.674. The Kier molecular flexibility index (Phi) is 4.55. The number of anilines is 1. The number of nitrogens with two attached hydrogens (primary N) is 1. The first-order chi connectivity index (χ1) is 8.97. The molecule has 1 aliphatic rings. The van der Waals surface area contributed by atoms with E-state index in [0.29, 0.717) is 5.56 Å². The molecule has 2 N–H and O–H groups in total. The highest BCUT2D eigenvalue weighted by Crippen LogP contribution is 2.30. The summed E-state index contributed by atoms with van der Waals surface area (Å²) < 4.78 is 5.45. The lowest BCUT2D eigenvalue weighted by Gasteiger charge is -2.28. The van der Waals surface area contributed by atoms with Gasteiger partial charge in [0.1, 0.15) is 6.10 Å². The first kappa shape index (κ1) is 14.4. The molecule has 6 heteroatoms. The number of carbonyl (C=O) groups excluding carboxylic acids is 1. The molecule has 1 fully saturated rings. The van der Waals surface area contributed by atoms with E-state index < -0.39 is 5.97 Å². The maximum absolute atomic E-state index is 12.0. The summed E-state index contributed by atoms with van der Waals surface area (Å²) in [7, 11) is 2.05. The van der Waals surface area contributed by atoms with Gasteiger partial charge in [0, 0.05) is 13.1 Å². The van der Waals surface area contributed by atoms with Gasteiger partial charge in [-0.2, -0.15) is 0 Å². The Morgan fingerprint density at radius 1 is 1.37 bits per heavy atom. The molecule has 0 aromatic heterocycles. The van der Waals surface area contributed by atoms with E-state index in [9.17, 15) is 4.79 Å². The van der Waals surface area contributed by atoms with Gasteiger partial charge in [0.2, 0.25) is 0 Å². The molecule has 1 heterocycles. The van der Waals surface area contributed by atoms with Crippen LogP contribution in [0.2, 0.25) is 10.0 Å². The predicted octanol–water partition coefficient (Wildman–Crippen LogP) is 2.83. The van der Waals surface area contributed by atoms with Gasteiger partial charge in [0.25, 0.3) is 0 Å². The van der Waals surface area contributed by atoms with Crippen molar-refractivity contribution >= 4 is 34.9 Å². The number of hydrogen-bond donors (Lipinski definition) is 1. The van der Waals surface area contributed by atoms with Crippen LogP contribution in [-0.4, -0.2) is 37.1 Å². The van der Waals surface area contributed by atoms with Gasteiger partial charge >= 0.3 is 5.97 Å². The minimum Gasteiger partial charge on any atom is -0.459 e. The highest BCUT2D eigenvalue weighted by Gasteiger charge is 2.21. The third-order valence-corrected chi connectivity index (χ3v) is 4.05. The lowest BCUT2D eigenvalue weighted by molar-refractivity contribution is 0.0139. The number of ether oxygens (including phenoxy) is 1. The molecule has 0 aliphatic carbocycles. The van der Waals surface area contributed by atoms with Crippen molar-refractivity contribution < 1.29 is 9.53 Å². The maximum Gasteiger partial charge on any atom is 0.338 e. The monoisotopic (exact) mass is 302 g/mol. The van der Waals surface area contributed by atoms with E-state index in [-0.39, 0.29) is 21.8 Å². The number of carbonyl (C=O) groups is 1. The minimum absolute atomic E-state index is 0.0422. The van der Waals surface area contributed by atoms with Crippen LogP contribution in [0.4, 0.5) is 5.69 Å². The topological polar surface area (TPSA) is 55.6 Å². The fourth-order valence-electron chi connectivity index (χ4n) is 2.05. The van der Waals surface area contributed by atoms with Gasteiger partial charge in [-0.3, -0.25) is 0 Å². The second-order valence-corrected chi connectivity index (χ2v) is 5.55. The van der Waals surface area contributed by atoms with Crippen LogP contribution in [0.25, 0.3) is 0 Å². The number of piperidine rings is 1. The number of likely N-dealkylation sites (tertiary alicyclic amines) is 1. The van der Waals surface area contributed by atoms with Gasteiger partial charge in [-0.25, -0.2) is 4.79 Å². The normalized spacial score (nSPS) is 17.4. The standard InChI is InChI=1S/C13H16Cl2N2O2/c1-17-4-2-9(3-5-17)19-13(18)8-6-10(14)12(15)11(16)7-8/h6-7,9H,2-5,16H2,1H3. The first-order valence-corrected chi connectivity index (χ1v) is 6.87. The lowest BCUT2D eigenvalue weighted by Crippen LogP contribution is -2.35. The van der Waals surface area contributed by atoms with Crippen LogP contribution in [0.1, 0.15) is 23.2 Å². The molecular formula is C13H16Cl2N2O2. The zero-order valence-corrected chi connectivity index (χ0v) is 12.2. The van der Waals surface area contributed by atoms with Crippen LogP contribution in [0.15, 0.2) is 12.1 Å². The van der Waals surface area contributed by atoms with Crippen molar-refractivity contribution in [3.05, 3.63) is 27.7 Å². The average Bonchev–Trinajstić information content (AvgIpc) is 2.38. The zero-order chi connectivity index (χ0) is 14.0. The molecule has 1 aromatic carbocycles. The van der Waals surface area contributed by atoms with Crippen molar-refractivity contribution in [3.63, 3.8) is 0 Å². The van der Waals surface area contributed by atoms with E-state index in [4.69, 9.17) is 33.7 Å². The molecule has 19 heavy (non-hydrogen) atoms. The smallest absolute Gasteiger partial charge is 0.338 e. The van der Waals surface area contributed by atoms with Crippen LogP contribution in [-0.2, 0) is 4.74 Å². The molecule has 0 atom stereocenters. The molecule has 1 saturated heterocycles. The molecular weight excluding hydrogens is 287 g/mol. The number of halogens is 2. The first-order valence-electron chi connectivity index (χ1n) is 6.11. The molecule has 0 radical (unpaired) electrons. The molecule has 104 valence electrons. The summed E-state index contributed by atoms with van der Waals surface area (Å²) >= 11 is 11.7. The van der Waals surface area contributed by atoms with Crippen molar-refractivity contribution in [1.29, 1.82) is 0 Å². The lowest BCUT2D eigenvalue weighted by atomic mass is 10.1. The predicted molar refractivity (Wildman–Crippen MR) is 76.8 cm³/mol. The Hall–Kier alpha value is -0.970. The van der Waals surface area contributed by atoms with Gasteiger partial charge in [-0.05, 0) is 32.0 Å². The third kappa shape index (κ3) is 3.53. The molecule has 1 aromatic rings.